The fourth-order valence-corrected chi connectivity index (χ4v) is 5.20. The van der Waals surface area contributed by atoms with Crippen molar-refractivity contribution in [1.82, 2.24) is 13.8 Å². The third-order valence-corrected chi connectivity index (χ3v) is 7.26. The van der Waals surface area contributed by atoms with E-state index in [9.17, 15) is 22.0 Å². The van der Waals surface area contributed by atoms with E-state index in [1.54, 1.807) is 4.90 Å². The van der Waals surface area contributed by atoms with E-state index in [-0.39, 0.29) is 32.1 Å². The van der Waals surface area contributed by atoms with Gasteiger partial charge in [0.05, 0.1) is 0 Å². The van der Waals surface area contributed by atoms with E-state index in [0.717, 1.165) is 27.3 Å². The van der Waals surface area contributed by atoms with Gasteiger partial charge in [-0.15, -0.1) is 0 Å². The second-order valence-corrected chi connectivity index (χ2v) is 9.08. The number of aryl methyl sites for hydroxylation is 1. The molecular formula is C21H21F2N3O3S. The third-order valence-electron chi connectivity index (χ3n) is 5.35. The lowest BCUT2D eigenvalue weighted by Gasteiger charge is -2.34. The third kappa shape index (κ3) is 3.95. The van der Waals surface area contributed by atoms with Gasteiger partial charge in [-0.3, -0.25) is 4.79 Å². The second-order valence-electron chi connectivity index (χ2n) is 7.18. The number of carbonyl (C=O) groups is 1. The molecule has 4 rings (SSSR count). The van der Waals surface area contributed by atoms with Gasteiger partial charge in [0.15, 0.2) is 0 Å². The van der Waals surface area contributed by atoms with Gasteiger partial charge in [0, 0.05) is 50.9 Å². The van der Waals surface area contributed by atoms with Crippen LogP contribution in [0.25, 0.3) is 10.9 Å². The highest BCUT2D eigenvalue weighted by Crippen LogP contribution is 2.22. The van der Waals surface area contributed by atoms with Crippen LogP contribution in [-0.2, 0) is 21.4 Å². The molecule has 0 aliphatic carbocycles. The SMILES string of the molecule is O=C(CCn1ccc2ccccc21)N1CCN(S(=O)(=O)c2cc(F)ccc2F)CC1. The molecule has 1 aromatic heterocycles. The lowest BCUT2D eigenvalue weighted by Crippen LogP contribution is -2.50. The molecule has 30 heavy (non-hydrogen) atoms. The Kier molecular flexibility index (Phi) is 5.57. The molecule has 0 radical (unpaired) electrons. The molecule has 2 heterocycles. The largest absolute Gasteiger partial charge is 0.347 e. The van der Waals surface area contributed by atoms with Crippen LogP contribution in [0.4, 0.5) is 8.78 Å². The number of sulfonamides is 1. The number of carbonyl (C=O) groups excluding carboxylic acids is 1. The molecule has 9 heteroatoms. The molecule has 0 saturated carbocycles. The molecule has 0 bridgehead atoms. The highest BCUT2D eigenvalue weighted by atomic mass is 32.2. The number of piperazine rings is 1. The fourth-order valence-electron chi connectivity index (χ4n) is 3.70. The average molecular weight is 433 g/mol. The van der Waals surface area contributed by atoms with E-state index in [2.05, 4.69) is 0 Å². The number of para-hydroxylation sites is 1. The quantitative estimate of drug-likeness (QED) is 0.622. The van der Waals surface area contributed by atoms with Gasteiger partial charge in [0.25, 0.3) is 0 Å². The monoisotopic (exact) mass is 433 g/mol. The molecule has 0 unspecified atom stereocenters. The van der Waals surface area contributed by atoms with E-state index in [1.165, 1.54) is 0 Å². The number of benzene rings is 2. The number of halogens is 2. The van der Waals surface area contributed by atoms with Crippen molar-refractivity contribution < 1.29 is 22.0 Å². The summed E-state index contributed by atoms with van der Waals surface area (Å²) in [6.45, 7) is 1.02. The summed E-state index contributed by atoms with van der Waals surface area (Å²) in [5.41, 5.74) is 1.05. The Morgan fingerprint density at radius 2 is 1.70 bits per heavy atom. The molecule has 6 nitrogen and oxygen atoms in total. The predicted molar refractivity (Wildman–Crippen MR) is 108 cm³/mol. The van der Waals surface area contributed by atoms with Gasteiger partial charge in [-0.05, 0) is 35.7 Å². The number of rotatable bonds is 5. The summed E-state index contributed by atoms with van der Waals surface area (Å²) in [4.78, 5) is 13.5. The molecule has 158 valence electrons. The highest BCUT2D eigenvalue weighted by molar-refractivity contribution is 7.89. The minimum atomic E-state index is -4.16. The van der Waals surface area contributed by atoms with Crippen LogP contribution >= 0.6 is 0 Å². The summed E-state index contributed by atoms with van der Waals surface area (Å²) in [6, 6.07) is 12.3. The van der Waals surface area contributed by atoms with Crippen molar-refractivity contribution in [2.75, 3.05) is 26.2 Å². The zero-order chi connectivity index (χ0) is 21.3. The van der Waals surface area contributed by atoms with Crippen molar-refractivity contribution in [3.63, 3.8) is 0 Å². The van der Waals surface area contributed by atoms with Gasteiger partial charge in [-0.1, -0.05) is 18.2 Å². The van der Waals surface area contributed by atoms with E-state index in [1.807, 2.05) is 41.1 Å². The first-order chi connectivity index (χ1) is 14.4. The number of nitrogens with zero attached hydrogens (tertiary/aromatic N) is 3. The van der Waals surface area contributed by atoms with Crippen LogP contribution in [0, 0.1) is 11.6 Å². The van der Waals surface area contributed by atoms with Gasteiger partial charge in [0.1, 0.15) is 16.5 Å². The first-order valence-corrected chi connectivity index (χ1v) is 11.1. The number of hydrogen-bond donors (Lipinski definition) is 0. The zero-order valence-corrected chi connectivity index (χ0v) is 17.0. The number of amides is 1. The van der Waals surface area contributed by atoms with Crippen LogP contribution in [0.3, 0.4) is 0 Å². The summed E-state index contributed by atoms with van der Waals surface area (Å²) in [7, 11) is -4.16. The molecule has 0 N–H and O–H groups in total. The van der Waals surface area contributed by atoms with Crippen molar-refractivity contribution in [1.29, 1.82) is 0 Å². The van der Waals surface area contributed by atoms with Gasteiger partial charge < -0.3 is 9.47 Å². The van der Waals surface area contributed by atoms with Crippen molar-refractivity contribution in [3.05, 3.63) is 66.4 Å². The van der Waals surface area contributed by atoms with Crippen molar-refractivity contribution in [2.45, 2.75) is 17.9 Å². The standard InChI is InChI=1S/C21H21F2N3O3S/c22-17-5-6-18(23)20(15-17)30(28,29)26-13-11-25(12-14-26)21(27)8-10-24-9-7-16-3-1-2-4-19(16)24/h1-7,9,15H,8,10-14H2. The van der Waals surface area contributed by atoms with Crippen LogP contribution in [-0.4, -0.2) is 54.3 Å². The van der Waals surface area contributed by atoms with Crippen LogP contribution in [0.1, 0.15) is 6.42 Å². The molecule has 0 atom stereocenters. The lowest BCUT2D eigenvalue weighted by atomic mass is 10.2. The molecule has 3 aromatic rings. The molecule has 1 aliphatic heterocycles. The molecule has 0 spiro atoms. The summed E-state index contributed by atoms with van der Waals surface area (Å²) in [5, 5.41) is 1.10. The van der Waals surface area contributed by atoms with Gasteiger partial charge in [0.2, 0.25) is 15.9 Å². The smallest absolute Gasteiger partial charge is 0.246 e. The van der Waals surface area contributed by atoms with Crippen molar-refractivity contribution >= 4 is 26.8 Å². The van der Waals surface area contributed by atoms with E-state index in [0.29, 0.717) is 19.0 Å². The number of hydrogen-bond acceptors (Lipinski definition) is 3. The van der Waals surface area contributed by atoms with Crippen LogP contribution < -0.4 is 0 Å². The fraction of sp³-hybridized carbons (Fsp3) is 0.286. The van der Waals surface area contributed by atoms with Gasteiger partial charge in [-0.2, -0.15) is 4.31 Å². The van der Waals surface area contributed by atoms with Crippen LogP contribution in [0.5, 0.6) is 0 Å². The van der Waals surface area contributed by atoms with Crippen LogP contribution in [0.2, 0.25) is 0 Å². The molecule has 1 aliphatic rings. The predicted octanol–water partition coefficient (Wildman–Crippen LogP) is 2.84. The topological polar surface area (TPSA) is 62.6 Å². The first kappa shape index (κ1) is 20.5. The first-order valence-electron chi connectivity index (χ1n) is 9.63. The van der Waals surface area contributed by atoms with Gasteiger partial charge >= 0.3 is 0 Å². The Hall–Kier alpha value is -2.78. The summed E-state index contributed by atoms with van der Waals surface area (Å²) in [6.07, 6.45) is 2.24. The Morgan fingerprint density at radius 3 is 2.47 bits per heavy atom. The van der Waals surface area contributed by atoms with E-state index >= 15 is 0 Å². The van der Waals surface area contributed by atoms with Gasteiger partial charge in [-0.25, -0.2) is 17.2 Å². The maximum atomic E-state index is 13.9. The highest BCUT2D eigenvalue weighted by Gasteiger charge is 2.32. The number of fused-ring (bicyclic) bond motifs is 1. The Bertz CT molecular complexity index is 1190. The molecule has 2 aromatic carbocycles. The summed E-state index contributed by atoms with van der Waals surface area (Å²) >= 11 is 0. The second kappa shape index (κ2) is 8.16. The number of aromatic nitrogens is 1. The molecule has 1 saturated heterocycles. The average Bonchev–Trinajstić information content (AvgIpc) is 3.17. The van der Waals surface area contributed by atoms with Crippen molar-refractivity contribution in [2.24, 2.45) is 0 Å². The van der Waals surface area contributed by atoms with E-state index in [4.69, 9.17) is 0 Å². The lowest BCUT2D eigenvalue weighted by molar-refractivity contribution is -0.132. The molecule has 1 fully saturated rings. The summed E-state index contributed by atoms with van der Waals surface area (Å²) < 4.78 is 55.8. The maximum absolute atomic E-state index is 13.9. The Morgan fingerprint density at radius 1 is 0.967 bits per heavy atom. The zero-order valence-electron chi connectivity index (χ0n) is 16.2. The Labute approximate surface area is 173 Å². The van der Waals surface area contributed by atoms with E-state index < -0.39 is 26.6 Å². The van der Waals surface area contributed by atoms with Crippen LogP contribution in [0.15, 0.2) is 59.6 Å². The summed E-state index contributed by atoms with van der Waals surface area (Å²) in [5.74, 6) is -1.88. The minimum Gasteiger partial charge on any atom is -0.347 e. The Balaban J connectivity index is 1.37. The maximum Gasteiger partial charge on any atom is 0.246 e. The van der Waals surface area contributed by atoms with Crippen molar-refractivity contribution in [3.8, 4) is 0 Å². The molecular weight excluding hydrogens is 412 g/mol. The molecule has 1 amide bonds. The minimum absolute atomic E-state index is 0.0382. The normalized spacial score (nSPS) is 15.6.